The zero-order chi connectivity index (χ0) is 7.14. The molecule has 2 rings (SSSR count). The SMILES string of the molecule is Cc1cc2o[cH-]c(Br)c-2c1.[Cl-].[Cl-].[Cl-].[Zr+4]. The van der Waals surface area contributed by atoms with Gasteiger partial charge in [0.1, 0.15) is 0 Å². The first kappa shape index (κ1) is 20.5. The molecule has 14 heavy (non-hydrogen) atoms. The Morgan fingerprint density at radius 1 is 1.21 bits per heavy atom. The zero-order valence-corrected chi connectivity index (χ0v) is 13.5. The van der Waals surface area contributed by atoms with Crippen LogP contribution in [0.1, 0.15) is 5.56 Å². The molecule has 1 aliphatic heterocycles. The van der Waals surface area contributed by atoms with E-state index in [0.29, 0.717) is 0 Å². The molecule has 0 N–H and O–H groups in total. The normalized spacial score (nSPS) is 7.86. The third-order valence-electron chi connectivity index (χ3n) is 1.54. The van der Waals surface area contributed by atoms with Gasteiger partial charge in [-0.25, -0.2) is 0 Å². The van der Waals surface area contributed by atoms with E-state index in [4.69, 9.17) is 4.42 Å². The third kappa shape index (κ3) is 3.94. The van der Waals surface area contributed by atoms with Crippen molar-refractivity contribution in [3.63, 3.8) is 0 Å². The Hall–Kier alpha value is 1.12. The van der Waals surface area contributed by atoms with Gasteiger partial charge in [0.15, 0.2) is 0 Å². The van der Waals surface area contributed by atoms with Crippen molar-refractivity contribution in [3.8, 4) is 11.3 Å². The van der Waals surface area contributed by atoms with Crippen LogP contribution in [0.4, 0.5) is 0 Å². The Kier molecular flexibility index (Phi) is 12.2. The summed E-state index contributed by atoms with van der Waals surface area (Å²) in [5.41, 5.74) is 2.41. The average Bonchev–Trinajstić information content (AvgIpc) is 2.35. The van der Waals surface area contributed by atoms with Crippen molar-refractivity contribution >= 4 is 15.9 Å². The number of rotatable bonds is 0. The molecule has 0 saturated carbocycles. The number of hydrogen-bond donors (Lipinski definition) is 0. The molecule has 0 bridgehead atoms. The van der Waals surface area contributed by atoms with Crippen molar-refractivity contribution in [1.29, 1.82) is 0 Å². The number of furan rings is 1. The van der Waals surface area contributed by atoms with Crippen molar-refractivity contribution in [1.82, 2.24) is 0 Å². The van der Waals surface area contributed by atoms with E-state index in [0.717, 1.165) is 15.8 Å². The Morgan fingerprint density at radius 3 is 2.29 bits per heavy atom. The standard InChI is InChI=1S/C8H6BrO.3ClH.Zr/c1-5-2-6-7(9)4-10-8(6)3-5;;;;/h2-4H,1H3;3*1H;/q-1;;;;+4/p-3. The van der Waals surface area contributed by atoms with E-state index in [1.807, 2.05) is 6.07 Å². The topological polar surface area (TPSA) is 13.1 Å². The first-order valence-corrected chi connectivity index (χ1v) is 3.87. The Bertz CT molecular complexity index is 334. The quantitative estimate of drug-likeness (QED) is 0.405. The minimum absolute atomic E-state index is 0. The van der Waals surface area contributed by atoms with Gasteiger partial charge in [0.25, 0.3) is 0 Å². The van der Waals surface area contributed by atoms with Crippen LogP contribution < -0.4 is 37.2 Å². The predicted octanol–water partition coefficient (Wildman–Crippen LogP) is -5.82. The van der Waals surface area contributed by atoms with E-state index in [2.05, 4.69) is 28.9 Å². The largest absolute Gasteiger partial charge is 4.00 e. The van der Waals surface area contributed by atoms with Gasteiger partial charge in [0, 0.05) is 0 Å². The Labute approximate surface area is 129 Å². The molecule has 0 aromatic carbocycles. The monoisotopic (exact) mass is 392 g/mol. The van der Waals surface area contributed by atoms with Crippen LogP contribution in [0.5, 0.6) is 0 Å². The Morgan fingerprint density at radius 2 is 1.79 bits per heavy atom. The van der Waals surface area contributed by atoms with Crippen molar-refractivity contribution in [2.24, 2.45) is 0 Å². The molecule has 76 valence electrons. The van der Waals surface area contributed by atoms with Gasteiger partial charge in [-0.15, -0.1) is 11.6 Å². The molecule has 0 unspecified atom stereocenters. The van der Waals surface area contributed by atoms with Gasteiger partial charge in [0.05, 0.1) is 0 Å². The van der Waals surface area contributed by atoms with E-state index in [-0.39, 0.29) is 63.4 Å². The summed E-state index contributed by atoms with van der Waals surface area (Å²) < 4.78 is 6.26. The summed E-state index contributed by atoms with van der Waals surface area (Å²) in [7, 11) is 0. The van der Waals surface area contributed by atoms with Crippen molar-refractivity contribution in [2.45, 2.75) is 6.92 Å². The zero-order valence-electron chi connectivity index (χ0n) is 7.15. The van der Waals surface area contributed by atoms with E-state index in [1.165, 1.54) is 5.56 Å². The van der Waals surface area contributed by atoms with Gasteiger partial charge < -0.3 is 41.6 Å². The molecular formula is C8H6BrCl3OZr. The van der Waals surface area contributed by atoms with Crippen LogP contribution in [0, 0.1) is 6.92 Å². The molecule has 1 aliphatic carbocycles. The molecule has 0 radical (unpaired) electrons. The maximum Gasteiger partial charge on any atom is 4.00 e. The molecule has 2 aliphatic rings. The van der Waals surface area contributed by atoms with Crippen LogP contribution >= 0.6 is 15.9 Å². The number of halogens is 4. The molecular weight excluding hydrogens is 390 g/mol. The fourth-order valence-electron chi connectivity index (χ4n) is 1.09. The maximum atomic E-state index is 5.22. The van der Waals surface area contributed by atoms with Crippen LogP contribution in [0.15, 0.2) is 27.3 Å². The predicted molar refractivity (Wildman–Crippen MR) is 43.4 cm³/mol. The first-order chi connectivity index (χ1) is 4.77. The number of fused-ring (bicyclic) bond motifs is 1. The summed E-state index contributed by atoms with van der Waals surface area (Å²) in [5, 5.41) is 0. The van der Waals surface area contributed by atoms with Crippen LogP contribution in [0.2, 0.25) is 0 Å². The molecule has 0 saturated heterocycles. The number of aryl methyl sites for hydroxylation is 1. The Balaban J connectivity index is -0.000000302. The van der Waals surface area contributed by atoms with E-state index in [9.17, 15) is 0 Å². The minimum Gasteiger partial charge on any atom is -1.00 e. The van der Waals surface area contributed by atoms with E-state index < -0.39 is 0 Å². The third-order valence-corrected chi connectivity index (χ3v) is 2.16. The fourth-order valence-corrected chi connectivity index (χ4v) is 1.49. The van der Waals surface area contributed by atoms with Gasteiger partial charge in [0.2, 0.25) is 0 Å². The second-order valence-electron chi connectivity index (χ2n) is 2.39. The fraction of sp³-hybridized carbons (Fsp3) is 0.125. The second-order valence-corrected chi connectivity index (χ2v) is 3.25. The molecule has 0 atom stereocenters. The van der Waals surface area contributed by atoms with Gasteiger partial charge in [-0.05, 0) is 18.9 Å². The second kappa shape index (κ2) is 8.30. The summed E-state index contributed by atoms with van der Waals surface area (Å²) in [6.07, 6.45) is 1.71. The molecule has 0 spiro atoms. The van der Waals surface area contributed by atoms with Gasteiger partial charge in [-0.1, -0.05) is 32.0 Å². The molecule has 0 amide bonds. The number of hydrogen-bond acceptors (Lipinski definition) is 1. The van der Waals surface area contributed by atoms with E-state index in [1.54, 1.807) is 6.26 Å². The summed E-state index contributed by atoms with van der Waals surface area (Å²) in [4.78, 5) is 0. The molecule has 1 heterocycles. The smallest absolute Gasteiger partial charge is 1.00 e. The van der Waals surface area contributed by atoms with Gasteiger partial charge >= 0.3 is 26.2 Å². The van der Waals surface area contributed by atoms with Gasteiger partial charge in [-0.2, -0.15) is 0 Å². The summed E-state index contributed by atoms with van der Waals surface area (Å²) >= 11 is 3.39. The van der Waals surface area contributed by atoms with E-state index >= 15 is 0 Å². The van der Waals surface area contributed by atoms with Crippen LogP contribution in [-0.2, 0) is 26.2 Å². The van der Waals surface area contributed by atoms with Gasteiger partial charge in [-0.3, -0.25) is 0 Å². The van der Waals surface area contributed by atoms with Crippen LogP contribution in [0.25, 0.3) is 11.3 Å². The molecule has 1 nitrogen and oxygen atoms in total. The maximum absolute atomic E-state index is 5.22. The summed E-state index contributed by atoms with van der Waals surface area (Å²) in [5.74, 6) is 0.962. The molecule has 0 fully saturated rings. The van der Waals surface area contributed by atoms with Crippen molar-refractivity contribution in [2.75, 3.05) is 0 Å². The summed E-state index contributed by atoms with van der Waals surface area (Å²) in [6, 6.07) is 4.13. The first-order valence-electron chi connectivity index (χ1n) is 3.07. The van der Waals surface area contributed by atoms with Crippen LogP contribution in [0.3, 0.4) is 0 Å². The van der Waals surface area contributed by atoms with Crippen LogP contribution in [-0.4, -0.2) is 0 Å². The molecule has 0 aromatic rings. The molecule has 6 heteroatoms. The average molecular weight is 396 g/mol. The minimum atomic E-state index is 0. The van der Waals surface area contributed by atoms with Crippen molar-refractivity contribution in [3.05, 3.63) is 28.4 Å². The summed E-state index contributed by atoms with van der Waals surface area (Å²) in [6.45, 7) is 2.06. The van der Waals surface area contributed by atoms with Crippen molar-refractivity contribution < 1.29 is 67.8 Å². The molecule has 0 aromatic heterocycles.